The van der Waals surface area contributed by atoms with Gasteiger partial charge in [-0.2, -0.15) is 0 Å². The number of rotatable bonds is 12. The normalized spacial score (nSPS) is 11.4. The maximum Gasteiger partial charge on any atom is 0.241 e. The molecule has 0 spiro atoms. The van der Waals surface area contributed by atoms with Gasteiger partial charge in [-0.15, -0.1) is 5.10 Å². The molecule has 7 N–H and O–H groups in total. The fourth-order valence-electron chi connectivity index (χ4n) is 3.65. The van der Waals surface area contributed by atoms with Crippen LogP contribution in [0.15, 0.2) is 41.5 Å². The molecule has 2 aromatic carbocycles. The SMILES string of the molecule is COc1ccc(-c2cnnn2-c2cc(OC)c(OC)c(OC)c2)cc1NC(=O)C(N)CCCN=C(N)N. The van der Waals surface area contributed by atoms with Crippen molar-refractivity contribution in [1.29, 1.82) is 0 Å². The molecular weight excluding hydrogens is 480 g/mol. The van der Waals surface area contributed by atoms with Crippen LogP contribution in [-0.4, -0.2) is 67.9 Å². The second-order valence-corrected chi connectivity index (χ2v) is 7.87. The van der Waals surface area contributed by atoms with Crippen molar-refractivity contribution < 1.29 is 23.7 Å². The molecule has 3 rings (SSSR count). The number of guanidine groups is 1. The molecule has 37 heavy (non-hydrogen) atoms. The fraction of sp³-hybridized carbons (Fsp3) is 0.333. The molecule has 0 aliphatic rings. The van der Waals surface area contributed by atoms with E-state index in [9.17, 15) is 4.79 Å². The van der Waals surface area contributed by atoms with Crippen molar-refractivity contribution >= 4 is 17.6 Å². The zero-order valence-electron chi connectivity index (χ0n) is 21.2. The highest BCUT2D eigenvalue weighted by molar-refractivity contribution is 5.96. The smallest absolute Gasteiger partial charge is 0.241 e. The molecule has 1 atom stereocenters. The summed E-state index contributed by atoms with van der Waals surface area (Å²) >= 11 is 0. The molecule has 1 heterocycles. The highest BCUT2D eigenvalue weighted by atomic mass is 16.5. The first-order chi connectivity index (χ1) is 17.8. The van der Waals surface area contributed by atoms with Gasteiger partial charge in [-0.05, 0) is 31.0 Å². The molecule has 0 fully saturated rings. The molecule has 1 unspecified atom stereocenters. The lowest BCUT2D eigenvalue weighted by Gasteiger charge is -2.16. The van der Waals surface area contributed by atoms with E-state index in [4.69, 9.17) is 36.1 Å². The fourth-order valence-corrected chi connectivity index (χ4v) is 3.65. The van der Waals surface area contributed by atoms with Gasteiger partial charge in [0.25, 0.3) is 0 Å². The molecular formula is C24H32N8O5. The highest BCUT2D eigenvalue weighted by Crippen LogP contribution is 2.40. The monoisotopic (exact) mass is 512 g/mol. The van der Waals surface area contributed by atoms with E-state index in [1.54, 1.807) is 35.1 Å². The maximum absolute atomic E-state index is 12.7. The Hall–Kier alpha value is -4.52. The van der Waals surface area contributed by atoms with Gasteiger partial charge < -0.3 is 41.5 Å². The molecule has 0 saturated carbocycles. The number of ether oxygens (including phenoxy) is 4. The summed E-state index contributed by atoms with van der Waals surface area (Å²) in [6, 6.07) is 8.09. The third-order valence-corrected chi connectivity index (χ3v) is 5.50. The number of methoxy groups -OCH3 is 4. The van der Waals surface area contributed by atoms with Crippen LogP contribution in [0.2, 0.25) is 0 Å². The Kier molecular flexibility index (Phi) is 9.11. The summed E-state index contributed by atoms with van der Waals surface area (Å²) < 4.78 is 23.4. The lowest BCUT2D eigenvalue weighted by Crippen LogP contribution is -2.35. The summed E-state index contributed by atoms with van der Waals surface area (Å²) in [5.74, 6) is 1.50. The zero-order valence-corrected chi connectivity index (χ0v) is 21.2. The first-order valence-corrected chi connectivity index (χ1v) is 11.3. The summed E-state index contributed by atoms with van der Waals surface area (Å²) in [4.78, 5) is 16.6. The van der Waals surface area contributed by atoms with Crippen LogP contribution < -0.4 is 41.5 Å². The van der Waals surface area contributed by atoms with Gasteiger partial charge >= 0.3 is 0 Å². The second-order valence-electron chi connectivity index (χ2n) is 7.87. The largest absolute Gasteiger partial charge is 0.495 e. The van der Waals surface area contributed by atoms with E-state index in [1.165, 1.54) is 28.4 Å². The Bertz CT molecular complexity index is 1230. The van der Waals surface area contributed by atoms with Crippen LogP contribution in [0.4, 0.5) is 5.69 Å². The summed E-state index contributed by atoms with van der Waals surface area (Å²) in [7, 11) is 6.12. The number of hydrogen-bond donors (Lipinski definition) is 4. The lowest BCUT2D eigenvalue weighted by molar-refractivity contribution is -0.117. The number of carbonyl (C=O) groups is 1. The molecule has 0 aliphatic heterocycles. The van der Waals surface area contributed by atoms with E-state index in [2.05, 4.69) is 20.6 Å². The highest BCUT2D eigenvalue weighted by Gasteiger charge is 2.19. The Morgan fingerprint density at radius 3 is 2.30 bits per heavy atom. The maximum atomic E-state index is 12.7. The van der Waals surface area contributed by atoms with Crippen molar-refractivity contribution in [1.82, 2.24) is 15.0 Å². The molecule has 0 aliphatic carbocycles. The second kappa shape index (κ2) is 12.4. The topological polar surface area (TPSA) is 187 Å². The average molecular weight is 513 g/mol. The number of nitrogens with two attached hydrogens (primary N) is 3. The molecule has 198 valence electrons. The van der Waals surface area contributed by atoms with Crippen molar-refractivity contribution in [3.05, 3.63) is 36.5 Å². The quantitative estimate of drug-likeness (QED) is 0.156. The predicted molar refractivity (Wildman–Crippen MR) is 140 cm³/mol. The third-order valence-electron chi connectivity index (χ3n) is 5.50. The third kappa shape index (κ3) is 6.38. The first-order valence-electron chi connectivity index (χ1n) is 11.3. The molecule has 1 aromatic heterocycles. The molecule has 0 bridgehead atoms. The Balaban J connectivity index is 1.90. The summed E-state index contributed by atoms with van der Waals surface area (Å²) in [6.07, 6.45) is 2.57. The van der Waals surface area contributed by atoms with Gasteiger partial charge in [-0.25, -0.2) is 4.68 Å². The number of anilines is 1. The van der Waals surface area contributed by atoms with Gasteiger partial charge in [-0.3, -0.25) is 9.79 Å². The average Bonchev–Trinajstić information content (AvgIpc) is 3.40. The van der Waals surface area contributed by atoms with Crippen LogP contribution >= 0.6 is 0 Å². The van der Waals surface area contributed by atoms with Crippen molar-refractivity contribution in [2.24, 2.45) is 22.2 Å². The molecule has 0 saturated heterocycles. The molecule has 13 nitrogen and oxygen atoms in total. The number of nitrogens with zero attached hydrogens (tertiary/aromatic N) is 4. The van der Waals surface area contributed by atoms with Crippen LogP contribution in [0.1, 0.15) is 12.8 Å². The number of carbonyl (C=O) groups excluding carboxylic acids is 1. The van der Waals surface area contributed by atoms with Gasteiger partial charge in [0, 0.05) is 24.2 Å². The molecule has 1 amide bonds. The van der Waals surface area contributed by atoms with Crippen LogP contribution in [0.5, 0.6) is 23.0 Å². The van der Waals surface area contributed by atoms with Gasteiger partial charge in [0.05, 0.1) is 57.7 Å². The van der Waals surface area contributed by atoms with Gasteiger partial charge in [-0.1, -0.05) is 5.21 Å². The number of amides is 1. The Morgan fingerprint density at radius 2 is 1.70 bits per heavy atom. The molecule has 13 heteroatoms. The number of aliphatic imine (C=N–C) groups is 1. The predicted octanol–water partition coefficient (Wildman–Crippen LogP) is 1.29. The number of aromatic nitrogens is 3. The minimum Gasteiger partial charge on any atom is -0.495 e. The summed E-state index contributed by atoms with van der Waals surface area (Å²) in [6.45, 7) is 0.389. The van der Waals surface area contributed by atoms with Crippen molar-refractivity contribution in [2.75, 3.05) is 40.3 Å². The minimum atomic E-state index is -0.756. The summed E-state index contributed by atoms with van der Waals surface area (Å²) in [5, 5.41) is 11.2. The van der Waals surface area contributed by atoms with Gasteiger partial charge in [0.15, 0.2) is 17.5 Å². The summed E-state index contributed by atoms with van der Waals surface area (Å²) in [5.41, 5.74) is 19.1. The van der Waals surface area contributed by atoms with E-state index in [1.807, 2.05) is 6.07 Å². The van der Waals surface area contributed by atoms with Gasteiger partial charge in [0.1, 0.15) is 5.75 Å². The molecule has 3 aromatic rings. The lowest BCUT2D eigenvalue weighted by atomic mass is 10.1. The van der Waals surface area contributed by atoms with Crippen LogP contribution in [-0.2, 0) is 4.79 Å². The van der Waals surface area contributed by atoms with Crippen LogP contribution in [0, 0.1) is 0 Å². The van der Waals surface area contributed by atoms with Crippen LogP contribution in [0.25, 0.3) is 16.9 Å². The standard InChI is InChI=1S/C24H32N8O5/c1-34-19-8-7-14(10-17(19)30-23(33)16(25)6-5-9-28-24(26)27)18-13-29-31-32(18)15-11-20(35-2)22(37-4)21(12-15)36-3/h7-8,10-13,16H,5-6,9,25H2,1-4H3,(H,30,33)(H4,26,27,28). The Labute approximate surface area is 214 Å². The van der Waals surface area contributed by atoms with Crippen molar-refractivity contribution in [3.8, 4) is 39.9 Å². The first kappa shape index (κ1) is 27.1. The van der Waals surface area contributed by atoms with Crippen molar-refractivity contribution in [2.45, 2.75) is 18.9 Å². The molecule has 0 radical (unpaired) electrons. The van der Waals surface area contributed by atoms with Crippen molar-refractivity contribution in [3.63, 3.8) is 0 Å². The van der Waals surface area contributed by atoms with Crippen LogP contribution in [0.3, 0.4) is 0 Å². The number of hydrogen-bond acceptors (Lipinski definition) is 9. The van der Waals surface area contributed by atoms with E-state index < -0.39 is 6.04 Å². The van der Waals surface area contributed by atoms with E-state index >= 15 is 0 Å². The Morgan fingerprint density at radius 1 is 1.03 bits per heavy atom. The number of nitrogens with one attached hydrogen (secondary N) is 1. The van der Waals surface area contributed by atoms with E-state index in [0.717, 1.165) is 5.56 Å². The van der Waals surface area contributed by atoms with Gasteiger partial charge in [0.2, 0.25) is 11.7 Å². The van der Waals surface area contributed by atoms with E-state index in [0.29, 0.717) is 59.5 Å². The van der Waals surface area contributed by atoms with E-state index in [-0.39, 0.29) is 11.9 Å². The number of benzene rings is 2. The minimum absolute atomic E-state index is 0.000155. The zero-order chi connectivity index (χ0) is 26.9.